The molecule has 294 valence electrons. The molecule has 0 spiro atoms. The maximum Gasteiger partial charge on any atom is 0.225 e. The second-order valence-corrected chi connectivity index (χ2v) is 13.7. The molecule has 0 unspecified atom stereocenters. The highest BCUT2D eigenvalue weighted by molar-refractivity contribution is 5.90. The number of ether oxygens (including phenoxy) is 4. The number of benzene rings is 1. The molecule has 3 saturated heterocycles. The minimum absolute atomic E-state index is 0.0326. The van der Waals surface area contributed by atoms with Crippen molar-refractivity contribution in [3.05, 3.63) is 30.3 Å². The Labute approximate surface area is 303 Å². The molecule has 3 amide bonds. The van der Waals surface area contributed by atoms with Crippen LogP contribution in [0.15, 0.2) is 30.3 Å². The molecule has 4 rings (SSSR count). The quantitative estimate of drug-likeness (QED) is 0.0788. The Morgan fingerprint density at radius 3 is 1.83 bits per heavy atom. The van der Waals surface area contributed by atoms with Crippen molar-refractivity contribution >= 4 is 23.4 Å². The van der Waals surface area contributed by atoms with Gasteiger partial charge in [0.25, 0.3) is 0 Å². The molecule has 3 heterocycles. The van der Waals surface area contributed by atoms with E-state index in [1.165, 1.54) is 13.8 Å². The lowest BCUT2D eigenvalue weighted by atomic mass is 9.83. The number of amides is 3. The molecule has 0 aromatic heterocycles. The number of nitrogens with zero attached hydrogens (tertiary/aromatic N) is 1. The summed E-state index contributed by atoms with van der Waals surface area (Å²) in [6.45, 7) is 4.62. The van der Waals surface area contributed by atoms with E-state index in [4.69, 9.17) is 18.9 Å². The summed E-state index contributed by atoms with van der Waals surface area (Å²) in [5.41, 5.74) is 0.753. The normalized spacial score (nSPS) is 34.0. The van der Waals surface area contributed by atoms with Crippen molar-refractivity contribution < 1.29 is 64.0 Å². The molecule has 1 aromatic rings. The molecule has 17 nitrogen and oxygen atoms in total. The molecule has 1 aromatic carbocycles. The molecule has 3 aliphatic heterocycles. The van der Waals surface area contributed by atoms with Gasteiger partial charge in [0.15, 0.2) is 12.6 Å². The van der Waals surface area contributed by atoms with Crippen molar-refractivity contribution in [2.24, 2.45) is 11.8 Å². The molecule has 9 N–H and O–H groups in total. The summed E-state index contributed by atoms with van der Waals surface area (Å²) < 4.78 is 21.9. The van der Waals surface area contributed by atoms with Gasteiger partial charge in [-0.05, 0) is 58.3 Å². The standard InChI is InChI=1S/C35H56N4O13/c1-20-26(41)28(43)30(45)34(51-20)49-17-13-36-32(47)23-12-16-39(15-8-4-7-11-25(40)38-22-9-5-3-6-10-22)19-24(23)33(48)37-14-18-50-35-31(46)29(44)27(42)21(2)52-35/h3,5-6,9-10,20-21,23-24,26-31,34-35,41-46H,4,7-8,11-19H2,1-2H3,(H,36,47)(H,37,48)(H,38,40)/t20-,21-,23+,24-,26+,27+,28+,29+,30-,31-,34+,35+/m0/s1. The van der Waals surface area contributed by atoms with Gasteiger partial charge >= 0.3 is 0 Å². The lowest BCUT2D eigenvalue weighted by Crippen LogP contribution is -2.57. The Balaban J connectivity index is 1.25. The van der Waals surface area contributed by atoms with Gasteiger partial charge in [-0.1, -0.05) is 24.6 Å². The molecular formula is C35H56N4O13. The van der Waals surface area contributed by atoms with Crippen molar-refractivity contribution in [3.63, 3.8) is 0 Å². The maximum absolute atomic E-state index is 13.5. The third kappa shape index (κ3) is 11.8. The van der Waals surface area contributed by atoms with Crippen LogP contribution < -0.4 is 16.0 Å². The number of aliphatic hydroxyl groups excluding tert-OH is 6. The van der Waals surface area contributed by atoms with E-state index in [9.17, 15) is 45.0 Å². The van der Waals surface area contributed by atoms with Gasteiger partial charge in [-0.2, -0.15) is 0 Å². The number of likely N-dealkylation sites (tertiary alicyclic amines) is 1. The van der Waals surface area contributed by atoms with E-state index >= 15 is 0 Å². The van der Waals surface area contributed by atoms with E-state index in [0.717, 1.165) is 18.5 Å². The zero-order valence-electron chi connectivity index (χ0n) is 29.8. The summed E-state index contributed by atoms with van der Waals surface area (Å²) in [7, 11) is 0. The van der Waals surface area contributed by atoms with Crippen molar-refractivity contribution in [1.29, 1.82) is 0 Å². The number of unbranched alkanes of at least 4 members (excludes halogenated alkanes) is 2. The van der Waals surface area contributed by atoms with Crippen LogP contribution >= 0.6 is 0 Å². The van der Waals surface area contributed by atoms with E-state index in [1.54, 1.807) is 0 Å². The second kappa shape index (κ2) is 20.6. The first-order valence-electron chi connectivity index (χ1n) is 18.1. The van der Waals surface area contributed by atoms with Gasteiger partial charge in [-0.15, -0.1) is 0 Å². The van der Waals surface area contributed by atoms with Crippen LogP contribution in [0, 0.1) is 11.8 Å². The van der Waals surface area contributed by atoms with Crippen LogP contribution in [0.2, 0.25) is 0 Å². The summed E-state index contributed by atoms with van der Waals surface area (Å²) >= 11 is 0. The molecule has 0 saturated carbocycles. The van der Waals surface area contributed by atoms with Crippen LogP contribution in [0.25, 0.3) is 0 Å². The highest BCUT2D eigenvalue weighted by Crippen LogP contribution is 2.26. The van der Waals surface area contributed by atoms with Crippen LogP contribution in [0.3, 0.4) is 0 Å². The summed E-state index contributed by atoms with van der Waals surface area (Å²) in [4.78, 5) is 41.3. The lowest BCUT2D eigenvalue weighted by molar-refractivity contribution is -0.292. The highest BCUT2D eigenvalue weighted by Gasteiger charge is 2.44. The zero-order chi connectivity index (χ0) is 37.8. The van der Waals surface area contributed by atoms with Crippen molar-refractivity contribution in [2.75, 3.05) is 51.3 Å². The number of para-hydroxylation sites is 1. The maximum atomic E-state index is 13.5. The second-order valence-electron chi connectivity index (χ2n) is 13.7. The van der Waals surface area contributed by atoms with Gasteiger partial charge in [0.2, 0.25) is 17.7 Å². The van der Waals surface area contributed by atoms with E-state index in [-0.39, 0.29) is 44.0 Å². The van der Waals surface area contributed by atoms with E-state index in [1.807, 2.05) is 30.3 Å². The van der Waals surface area contributed by atoms with Gasteiger partial charge in [-0.25, -0.2) is 0 Å². The molecule has 0 radical (unpaired) electrons. The van der Waals surface area contributed by atoms with Gasteiger partial charge < -0.3 is 70.4 Å². The van der Waals surface area contributed by atoms with Crippen LogP contribution in [-0.4, -0.2) is 161 Å². The number of rotatable bonds is 17. The predicted octanol–water partition coefficient (Wildman–Crippen LogP) is -1.96. The Bertz CT molecular complexity index is 1260. The minimum atomic E-state index is -1.47. The molecule has 3 fully saturated rings. The summed E-state index contributed by atoms with van der Waals surface area (Å²) in [6, 6.07) is 9.26. The number of carbonyl (C=O) groups is 3. The van der Waals surface area contributed by atoms with Crippen LogP contribution in [0.4, 0.5) is 5.69 Å². The fourth-order valence-corrected chi connectivity index (χ4v) is 6.61. The number of nitrogens with one attached hydrogen (secondary N) is 3. The molecule has 0 aliphatic carbocycles. The average molecular weight is 741 g/mol. The Hall–Kier alpha value is -2.81. The number of carbonyl (C=O) groups excluding carboxylic acids is 3. The molecule has 0 bridgehead atoms. The lowest BCUT2D eigenvalue weighted by Gasteiger charge is -2.39. The van der Waals surface area contributed by atoms with Gasteiger partial charge in [0.05, 0.1) is 37.3 Å². The first kappa shape index (κ1) is 41.9. The fraction of sp³-hybridized carbons (Fsp3) is 0.743. The highest BCUT2D eigenvalue weighted by atomic mass is 16.7. The summed E-state index contributed by atoms with van der Waals surface area (Å²) in [5, 5.41) is 68.7. The molecule has 12 atom stereocenters. The Morgan fingerprint density at radius 1 is 0.731 bits per heavy atom. The first-order valence-corrected chi connectivity index (χ1v) is 18.1. The van der Waals surface area contributed by atoms with E-state index in [0.29, 0.717) is 38.9 Å². The Kier molecular flexibility index (Phi) is 16.6. The molecule has 3 aliphatic rings. The Morgan fingerprint density at radius 2 is 1.27 bits per heavy atom. The smallest absolute Gasteiger partial charge is 0.225 e. The van der Waals surface area contributed by atoms with Crippen molar-refractivity contribution in [3.8, 4) is 0 Å². The zero-order valence-corrected chi connectivity index (χ0v) is 29.8. The third-order valence-corrected chi connectivity index (χ3v) is 9.79. The minimum Gasteiger partial charge on any atom is -0.388 e. The van der Waals surface area contributed by atoms with Crippen LogP contribution in [0.5, 0.6) is 0 Å². The number of hydrogen-bond acceptors (Lipinski definition) is 14. The van der Waals surface area contributed by atoms with Crippen LogP contribution in [0.1, 0.15) is 46.0 Å². The molecular weight excluding hydrogens is 684 g/mol. The third-order valence-electron chi connectivity index (χ3n) is 9.79. The SMILES string of the molecule is C[C@@H]1O[C@@H](OCCNC(=O)[C@H]2CN(CCCCCC(=O)Nc3ccccc3)CC[C@H]2C(=O)NCCO[C@@H]2O[C@@H](C)[C@@H](O)[C@@H](O)[C@@H]2O)[C@@H](O)[C@H](O)[C@@H]1O. The van der Waals surface area contributed by atoms with Gasteiger partial charge in [0, 0.05) is 31.7 Å². The molecule has 17 heteroatoms. The molecule has 52 heavy (non-hydrogen) atoms. The largest absolute Gasteiger partial charge is 0.388 e. The topological polar surface area (TPSA) is 249 Å². The summed E-state index contributed by atoms with van der Waals surface area (Å²) in [6.07, 6.45) is -9.18. The van der Waals surface area contributed by atoms with Crippen molar-refractivity contribution in [2.45, 2.75) is 107 Å². The van der Waals surface area contributed by atoms with E-state index in [2.05, 4.69) is 20.9 Å². The van der Waals surface area contributed by atoms with Gasteiger partial charge in [-0.3, -0.25) is 14.4 Å². The van der Waals surface area contributed by atoms with Gasteiger partial charge in [0.1, 0.15) is 36.6 Å². The van der Waals surface area contributed by atoms with Crippen molar-refractivity contribution in [1.82, 2.24) is 15.5 Å². The average Bonchev–Trinajstić information content (AvgIpc) is 3.14. The summed E-state index contributed by atoms with van der Waals surface area (Å²) in [5.74, 6) is -2.13. The number of aliphatic hydroxyl groups is 6. The van der Waals surface area contributed by atoms with E-state index < -0.39 is 73.2 Å². The number of hydrogen-bond donors (Lipinski definition) is 9. The first-order chi connectivity index (χ1) is 24.9. The fourth-order valence-electron chi connectivity index (χ4n) is 6.61. The number of anilines is 1. The monoisotopic (exact) mass is 740 g/mol. The van der Waals surface area contributed by atoms with Crippen LogP contribution in [-0.2, 0) is 33.3 Å². The number of piperidine rings is 1. The predicted molar refractivity (Wildman–Crippen MR) is 184 cm³/mol.